The van der Waals surface area contributed by atoms with Gasteiger partial charge in [-0.1, -0.05) is 6.07 Å². The monoisotopic (exact) mass is 412 g/mol. The number of anilines is 3. The number of halogens is 1. The van der Waals surface area contributed by atoms with Crippen LogP contribution in [0, 0.1) is 19.7 Å². The highest BCUT2D eigenvalue weighted by atomic mass is 19.1. The highest BCUT2D eigenvalue weighted by molar-refractivity contribution is 6.04. The van der Waals surface area contributed by atoms with E-state index in [9.17, 15) is 9.18 Å². The lowest BCUT2D eigenvalue weighted by Crippen LogP contribution is -2.12. The molecule has 6 heteroatoms. The standard InChI is InChI=1S/C25H21FN4O/c1-16-3-10-22(15-17(16)2)28-25(31)19-6-11-21(12-7-19)27-24-14-13-23(29-30-24)18-4-8-20(26)9-5-18/h3-15H,1-2H3,(H,27,30)(H,28,31). The molecule has 154 valence electrons. The quantitative estimate of drug-likeness (QED) is 0.429. The van der Waals surface area contributed by atoms with Gasteiger partial charge in [-0.15, -0.1) is 10.2 Å². The van der Waals surface area contributed by atoms with Crippen LogP contribution in [0.15, 0.2) is 78.9 Å². The van der Waals surface area contributed by atoms with Crippen molar-refractivity contribution in [1.29, 1.82) is 0 Å². The van der Waals surface area contributed by atoms with E-state index in [0.29, 0.717) is 17.1 Å². The van der Waals surface area contributed by atoms with E-state index in [-0.39, 0.29) is 11.7 Å². The van der Waals surface area contributed by atoms with Crippen LogP contribution < -0.4 is 10.6 Å². The molecular weight excluding hydrogens is 391 g/mol. The number of aryl methyl sites for hydroxylation is 2. The SMILES string of the molecule is Cc1ccc(NC(=O)c2ccc(Nc3ccc(-c4ccc(F)cc4)nn3)cc2)cc1C. The molecule has 0 unspecified atom stereocenters. The van der Waals surface area contributed by atoms with Gasteiger partial charge >= 0.3 is 0 Å². The fourth-order valence-corrected chi connectivity index (χ4v) is 3.05. The van der Waals surface area contributed by atoms with Crippen molar-refractivity contribution in [2.45, 2.75) is 13.8 Å². The van der Waals surface area contributed by atoms with Crippen molar-refractivity contribution in [2.75, 3.05) is 10.6 Å². The predicted molar refractivity (Wildman–Crippen MR) is 121 cm³/mol. The number of nitrogens with zero attached hydrogens (tertiary/aromatic N) is 2. The Morgan fingerprint density at radius 1 is 0.774 bits per heavy atom. The lowest BCUT2D eigenvalue weighted by atomic mass is 10.1. The molecule has 0 fully saturated rings. The summed E-state index contributed by atoms with van der Waals surface area (Å²) in [6, 6.07) is 22.7. The second-order valence-corrected chi connectivity index (χ2v) is 7.27. The normalized spacial score (nSPS) is 10.5. The summed E-state index contributed by atoms with van der Waals surface area (Å²) in [4.78, 5) is 12.5. The van der Waals surface area contributed by atoms with E-state index in [2.05, 4.69) is 20.8 Å². The first kappa shape index (κ1) is 20.2. The number of amides is 1. The molecule has 0 bridgehead atoms. The third-order valence-electron chi connectivity index (χ3n) is 4.99. The van der Waals surface area contributed by atoms with Gasteiger partial charge in [0.1, 0.15) is 5.82 Å². The van der Waals surface area contributed by atoms with Gasteiger partial charge < -0.3 is 10.6 Å². The van der Waals surface area contributed by atoms with Crippen molar-refractivity contribution >= 4 is 23.1 Å². The molecule has 31 heavy (non-hydrogen) atoms. The van der Waals surface area contributed by atoms with Crippen molar-refractivity contribution in [3.05, 3.63) is 101 Å². The van der Waals surface area contributed by atoms with Gasteiger partial charge in [0.2, 0.25) is 0 Å². The Balaban J connectivity index is 1.40. The average Bonchev–Trinajstić information content (AvgIpc) is 2.78. The Kier molecular flexibility index (Phi) is 5.71. The van der Waals surface area contributed by atoms with E-state index in [1.807, 2.05) is 50.2 Å². The van der Waals surface area contributed by atoms with Crippen LogP contribution in [0.25, 0.3) is 11.3 Å². The molecule has 4 aromatic rings. The van der Waals surface area contributed by atoms with Crippen molar-refractivity contribution in [3.63, 3.8) is 0 Å². The summed E-state index contributed by atoms with van der Waals surface area (Å²) in [5.41, 5.74) is 5.87. The van der Waals surface area contributed by atoms with Crippen LogP contribution >= 0.6 is 0 Å². The third-order valence-corrected chi connectivity index (χ3v) is 4.99. The maximum Gasteiger partial charge on any atom is 0.255 e. The molecule has 0 saturated carbocycles. The zero-order chi connectivity index (χ0) is 21.8. The summed E-state index contributed by atoms with van der Waals surface area (Å²) < 4.78 is 13.1. The average molecular weight is 412 g/mol. The van der Waals surface area contributed by atoms with Crippen LogP contribution in [0.3, 0.4) is 0 Å². The van der Waals surface area contributed by atoms with Crippen LogP contribution in [0.5, 0.6) is 0 Å². The Morgan fingerprint density at radius 2 is 1.48 bits per heavy atom. The van der Waals surface area contributed by atoms with E-state index in [1.54, 1.807) is 30.3 Å². The summed E-state index contributed by atoms with van der Waals surface area (Å²) in [6.07, 6.45) is 0. The molecule has 5 nitrogen and oxygen atoms in total. The molecule has 0 aliphatic heterocycles. The van der Waals surface area contributed by atoms with Crippen LogP contribution in [0.2, 0.25) is 0 Å². The summed E-state index contributed by atoms with van der Waals surface area (Å²) in [5.74, 6) is 0.109. The molecule has 2 N–H and O–H groups in total. The second kappa shape index (κ2) is 8.75. The number of aromatic nitrogens is 2. The topological polar surface area (TPSA) is 66.9 Å². The number of rotatable bonds is 5. The molecular formula is C25H21FN4O. The third kappa shape index (κ3) is 4.93. The minimum Gasteiger partial charge on any atom is -0.339 e. The fraction of sp³-hybridized carbons (Fsp3) is 0.0800. The van der Waals surface area contributed by atoms with Gasteiger partial charge in [0.15, 0.2) is 5.82 Å². The van der Waals surface area contributed by atoms with E-state index >= 15 is 0 Å². The molecule has 0 aliphatic rings. The molecule has 0 aliphatic carbocycles. The summed E-state index contributed by atoms with van der Waals surface area (Å²) in [6.45, 7) is 4.05. The smallest absolute Gasteiger partial charge is 0.255 e. The summed E-state index contributed by atoms with van der Waals surface area (Å²) >= 11 is 0. The first-order chi connectivity index (χ1) is 15.0. The molecule has 0 spiro atoms. The molecule has 0 saturated heterocycles. The molecule has 1 amide bonds. The molecule has 0 atom stereocenters. The van der Waals surface area contributed by atoms with Gasteiger partial charge in [-0.05, 0) is 97.8 Å². The predicted octanol–water partition coefficient (Wildman–Crippen LogP) is 5.90. The van der Waals surface area contributed by atoms with Crippen LogP contribution in [0.1, 0.15) is 21.5 Å². The summed E-state index contributed by atoms with van der Waals surface area (Å²) in [7, 11) is 0. The highest BCUT2D eigenvalue weighted by Crippen LogP contribution is 2.20. The Hall–Kier alpha value is -4.06. The van der Waals surface area contributed by atoms with Crippen molar-refractivity contribution < 1.29 is 9.18 Å². The lowest BCUT2D eigenvalue weighted by Gasteiger charge is -2.09. The number of carbonyl (C=O) groups excluding carboxylic acids is 1. The zero-order valence-electron chi connectivity index (χ0n) is 17.2. The first-order valence-corrected chi connectivity index (χ1v) is 9.83. The van der Waals surface area contributed by atoms with Crippen LogP contribution in [0.4, 0.5) is 21.6 Å². The minimum absolute atomic E-state index is 0.168. The van der Waals surface area contributed by atoms with E-state index in [0.717, 1.165) is 22.5 Å². The Morgan fingerprint density at radius 3 is 2.13 bits per heavy atom. The fourth-order valence-electron chi connectivity index (χ4n) is 3.05. The largest absolute Gasteiger partial charge is 0.339 e. The van der Waals surface area contributed by atoms with Gasteiger partial charge in [-0.25, -0.2) is 4.39 Å². The van der Waals surface area contributed by atoms with Crippen molar-refractivity contribution in [3.8, 4) is 11.3 Å². The molecule has 0 radical (unpaired) electrons. The van der Waals surface area contributed by atoms with Crippen LogP contribution in [-0.2, 0) is 0 Å². The molecule has 1 heterocycles. The van der Waals surface area contributed by atoms with Crippen LogP contribution in [-0.4, -0.2) is 16.1 Å². The molecule has 1 aromatic heterocycles. The Bertz CT molecular complexity index is 1200. The number of hydrogen-bond acceptors (Lipinski definition) is 4. The molecule has 4 rings (SSSR count). The first-order valence-electron chi connectivity index (χ1n) is 9.83. The van der Waals surface area contributed by atoms with Gasteiger partial charge in [0.25, 0.3) is 5.91 Å². The maximum atomic E-state index is 13.1. The van der Waals surface area contributed by atoms with Gasteiger partial charge in [-0.2, -0.15) is 0 Å². The second-order valence-electron chi connectivity index (χ2n) is 7.27. The van der Waals surface area contributed by atoms with E-state index in [1.165, 1.54) is 17.7 Å². The maximum absolute atomic E-state index is 13.1. The van der Waals surface area contributed by atoms with Gasteiger partial charge in [-0.3, -0.25) is 4.79 Å². The van der Waals surface area contributed by atoms with Crippen molar-refractivity contribution in [2.24, 2.45) is 0 Å². The number of hydrogen-bond donors (Lipinski definition) is 2. The molecule has 3 aromatic carbocycles. The number of benzene rings is 3. The van der Waals surface area contributed by atoms with E-state index in [4.69, 9.17) is 0 Å². The van der Waals surface area contributed by atoms with Gasteiger partial charge in [0, 0.05) is 22.5 Å². The Labute approximate surface area is 180 Å². The zero-order valence-corrected chi connectivity index (χ0v) is 17.2. The number of carbonyl (C=O) groups is 1. The summed E-state index contributed by atoms with van der Waals surface area (Å²) in [5, 5.41) is 14.4. The lowest BCUT2D eigenvalue weighted by molar-refractivity contribution is 0.102. The number of nitrogens with one attached hydrogen (secondary N) is 2. The minimum atomic E-state index is -0.291. The highest BCUT2D eigenvalue weighted by Gasteiger charge is 2.08. The van der Waals surface area contributed by atoms with E-state index < -0.39 is 0 Å². The van der Waals surface area contributed by atoms with Gasteiger partial charge in [0.05, 0.1) is 5.69 Å². The van der Waals surface area contributed by atoms with Crippen molar-refractivity contribution in [1.82, 2.24) is 10.2 Å².